The van der Waals surface area contributed by atoms with Gasteiger partial charge in [-0.2, -0.15) is 0 Å². The summed E-state index contributed by atoms with van der Waals surface area (Å²) in [5.41, 5.74) is 0. The van der Waals surface area contributed by atoms with Gasteiger partial charge in [-0.1, -0.05) is 0 Å². The molecule has 3 heterocycles. The quantitative estimate of drug-likeness (QED) is 0.602. The maximum atomic E-state index is 5.77. The zero-order valence-corrected chi connectivity index (χ0v) is 13.2. The Labute approximate surface area is 132 Å². The Bertz CT molecular complexity index is 253. The van der Waals surface area contributed by atoms with Gasteiger partial charge in [-0.25, -0.2) is 0 Å². The van der Waals surface area contributed by atoms with Gasteiger partial charge in [-0.05, 0) is 38.5 Å². The SMILES string of the molecule is C1CO[C@@H](COB(OC[C@H]2CCCO2)OC[C@@H]2CCCO2)C1. The molecule has 0 amide bonds. The molecule has 0 saturated carbocycles. The van der Waals surface area contributed by atoms with Crippen LogP contribution in [0.25, 0.3) is 0 Å². The summed E-state index contributed by atoms with van der Waals surface area (Å²) < 4.78 is 34.0. The Morgan fingerprint density at radius 2 is 1.00 bits per heavy atom. The molecule has 0 unspecified atom stereocenters. The van der Waals surface area contributed by atoms with Crippen molar-refractivity contribution in [3.8, 4) is 0 Å². The third-order valence-electron chi connectivity index (χ3n) is 4.33. The van der Waals surface area contributed by atoms with Crippen LogP contribution in [0.2, 0.25) is 0 Å². The highest BCUT2D eigenvalue weighted by Gasteiger charge is 2.29. The minimum Gasteiger partial charge on any atom is -0.383 e. The molecule has 0 aromatic rings. The largest absolute Gasteiger partial charge is 0.639 e. The van der Waals surface area contributed by atoms with E-state index in [-0.39, 0.29) is 18.3 Å². The van der Waals surface area contributed by atoms with E-state index in [1.807, 2.05) is 0 Å². The average molecular weight is 314 g/mol. The van der Waals surface area contributed by atoms with Gasteiger partial charge >= 0.3 is 7.32 Å². The van der Waals surface area contributed by atoms with Crippen molar-refractivity contribution in [3.05, 3.63) is 0 Å². The second kappa shape index (κ2) is 9.20. The van der Waals surface area contributed by atoms with Crippen LogP contribution < -0.4 is 0 Å². The molecule has 3 atom stereocenters. The summed E-state index contributed by atoms with van der Waals surface area (Å²) in [7, 11) is -0.655. The fourth-order valence-corrected chi connectivity index (χ4v) is 3.03. The lowest BCUT2D eigenvalue weighted by molar-refractivity contribution is -0.00987. The molecule has 0 bridgehead atoms. The van der Waals surface area contributed by atoms with Gasteiger partial charge in [0.05, 0.1) is 38.1 Å². The summed E-state index contributed by atoms with van der Waals surface area (Å²) in [6.07, 6.45) is 6.95. The van der Waals surface area contributed by atoms with Crippen molar-refractivity contribution in [1.82, 2.24) is 0 Å². The molecular weight excluding hydrogens is 287 g/mol. The highest BCUT2D eigenvalue weighted by molar-refractivity contribution is 6.36. The summed E-state index contributed by atoms with van der Waals surface area (Å²) in [5, 5.41) is 0. The summed E-state index contributed by atoms with van der Waals surface area (Å²) in [4.78, 5) is 0. The van der Waals surface area contributed by atoms with Crippen molar-refractivity contribution < 1.29 is 28.2 Å². The molecule has 3 saturated heterocycles. The van der Waals surface area contributed by atoms with E-state index in [0.29, 0.717) is 19.8 Å². The molecule has 3 rings (SSSR count). The van der Waals surface area contributed by atoms with Crippen LogP contribution in [0.1, 0.15) is 38.5 Å². The lowest BCUT2D eigenvalue weighted by Crippen LogP contribution is -2.35. The van der Waals surface area contributed by atoms with Crippen LogP contribution in [0.3, 0.4) is 0 Å². The van der Waals surface area contributed by atoms with E-state index in [1.54, 1.807) is 0 Å². The van der Waals surface area contributed by atoms with E-state index in [0.717, 1.165) is 58.3 Å². The highest BCUT2D eigenvalue weighted by Crippen LogP contribution is 2.16. The van der Waals surface area contributed by atoms with Crippen LogP contribution in [-0.2, 0) is 28.2 Å². The lowest BCUT2D eigenvalue weighted by Gasteiger charge is -2.20. The summed E-state index contributed by atoms with van der Waals surface area (Å²) >= 11 is 0. The van der Waals surface area contributed by atoms with Gasteiger partial charge in [0.2, 0.25) is 0 Å². The Morgan fingerprint density at radius 1 is 0.636 bits per heavy atom. The van der Waals surface area contributed by atoms with Crippen LogP contribution in [0.15, 0.2) is 0 Å². The molecule has 0 aliphatic carbocycles. The highest BCUT2D eigenvalue weighted by atomic mass is 16.7. The van der Waals surface area contributed by atoms with Gasteiger partial charge in [0, 0.05) is 19.8 Å². The van der Waals surface area contributed by atoms with Crippen molar-refractivity contribution in [2.24, 2.45) is 0 Å². The van der Waals surface area contributed by atoms with E-state index >= 15 is 0 Å². The number of rotatable bonds is 9. The Kier molecular flexibility index (Phi) is 6.97. The van der Waals surface area contributed by atoms with Crippen LogP contribution in [-0.4, -0.2) is 65.3 Å². The molecule has 0 spiro atoms. The molecule has 3 fully saturated rings. The van der Waals surface area contributed by atoms with Crippen molar-refractivity contribution in [3.63, 3.8) is 0 Å². The fraction of sp³-hybridized carbons (Fsp3) is 1.00. The van der Waals surface area contributed by atoms with Crippen molar-refractivity contribution in [1.29, 1.82) is 0 Å². The van der Waals surface area contributed by atoms with E-state index < -0.39 is 7.32 Å². The zero-order chi connectivity index (χ0) is 15.0. The molecule has 0 radical (unpaired) electrons. The summed E-state index contributed by atoms with van der Waals surface area (Å²) in [6.45, 7) is 4.02. The summed E-state index contributed by atoms with van der Waals surface area (Å²) in [5.74, 6) is 0. The first kappa shape index (κ1) is 16.7. The third-order valence-corrected chi connectivity index (χ3v) is 4.33. The first-order valence-corrected chi connectivity index (χ1v) is 8.60. The van der Waals surface area contributed by atoms with E-state index in [9.17, 15) is 0 Å². The first-order chi connectivity index (χ1) is 10.9. The smallest absolute Gasteiger partial charge is 0.383 e. The molecule has 0 aromatic carbocycles. The van der Waals surface area contributed by atoms with E-state index in [2.05, 4.69) is 0 Å². The van der Waals surface area contributed by atoms with Crippen LogP contribution in [0.5, 0.6) is 0 Å². The third kappa shape index (κ3) is 5.47. The molecule has 7 heteroatoms. The summed E-state index contributed by atoms with van der Waals surface area (Å²) in [6, 6.07) is 0. The number of hydrogen-bond donors (Lipinski definition) is 0. The number of ether oxygens (including phenoxy) is 3. The van der Waals surface area contributed by atoms with Gasteiger partial charge in [0.15, 0.2) is 0 Å². The minimum atomic E-state index is -0.655. The Hall–Kier alpha value is -0.175. The van der Waals surface area contributed by atoms with Crippen LogP contribution >= 0.6 is 0 Å². The maximum absolute atomic E-state index is 5.77. The van der Waals surface area contributed by atoms with Gasteiger partial charge in [0.25, 0.3) is 0 Å². The Morgan fingerprint density at radius 3 is 1.27 bits per heavy atom. The van der Waals surface area contributed by atoms with Gasteiger partial charge in [-0.3, -0.25) is 0 Å². The monoisotopic (exact) mass is 314 g/mol. The minimum absolute atomic E-state index is 0.167. The fourth-order valence-electron chi connectivity index (χ4n) is 3.03. The van der Waals surface area contributed by atoms with E-state index in [4.69, 9.17) is 28.2 Å². The predicted molar refractivity (Wildman–Crippen MR) is 80.5 cm³/mol. The standard InChI is InChI=1S/C15H27BO6/c1-4-13(17-7-1)10-20-16(21-11-14-5-2-8-18-14)22-12-15-6-3-9-19-15/h13-15H,1-12H2/t13-,14-,15+/m1/s1. The van der Waals surface area contributed by atoms with Crippen molar-refractivity contribution >= 4 is 7.32 Å². The molecule has 126 valence electrons. The molecule has 3 aliphatic heterocycles. The second-order valence-corrected chi connectivity index (χ2v) is 6.19. The molecule has 0 N–H and O–H groups in total. The van der Waals surface area contributed by atoms with Gasteiger partial charge < -0.3 is 28.2 Å². The normalized spacial score (nSPS) is 31.9. The molecule has 0 aromatic heterocycles. The van der Waals surface area contributed by atoms with Crippen molar-refractivity contribution in [2.45, 2.75) is 56.8 Å². The van der Waals surface area contributed by atoms with Gasteiger partial charge in [0.1, 0.15) is 0 Å². The first-order valence-electron chi connectivity index (χ1n) is 8.60. The molecule has 3 aliphatic rings. The second-order valence-electron chi connectivity index (χ2n) is 6.19. The topological polar surface area (TPSA) is 55.4 Å². The van der Waals surface area contributed by atoms with E-state index in [1.165, 1.54) is 0 Å². The molecular formula is C15H27BO6. The predicted octanol–water partition coefficient (Wildman–Crippen LogP) is 1.56. The van der Waals surface area contributed by atoms with Crippen LogP contribution in [0.4, 0.5) is 0 Å². The lowest BCUT2D eigenvalue weighted by atomic mass is 10.1. The molecule has 6 nitrogen and oxygen atoms in total. The van der Waals surface area contributed by atoms with Crippen LogP contribution in [0, 0.1) is 0 Å². The molecule has 22 heavy (non-hydrogen) atoms. The maximum Gasteiger partial charge on any atom is 0.639 e. The average Bonchev–Trinajstić information content (AvgIpc) is 3.29. The Balaban J connectivity index is 1.38. The van der Waals surface area contributed by atoms with Gasteiger partial charge in [-0.15, -0.1) is 0 Å². The zero-order valence-electron chi connectivity index (χ0n) is 13.2. The number of hydrogen-bond acceptors (Lipinski definition) is 6. The van der Waals surface area contributed by atoms with Crippen molar-refractivity contribution in [2.75, 3.05) is 39.6 Å².